The van der Waals surface area contributed by atoms with Crippen LogP contribution in [0.4, 0.5) is 4.39 Å². The number of nitriles is 1. The number of nitrogens with zero attached hydrogens (tertiary/aromatic N) is 1. The molecule has 0 aliphatic carbocycles. The fourth-order valence-corrected chi connectivity index (χ4v) is 1.06. The second-order valence-corrected chi connectivity index (χ2v) is 3.13. The Bertz CT molecular complexity index is 348. The molecule has 0 saturated heterocycles. The van der Waals surface area contributed by atoms with Gasteiger partial charge in [-0.05, 0) is 24.3 Å². The number of hydrogen-bond acceptors (Lipinski definition) is 3. The summed E-state index contributed by atoms with van der Waals surface area (Å²) in [7, 11) is 0. The summed E-state index contributed by atoms with van der Waals surface area (Å²) in [6.07, 6.45) is 0.810. The van der Waals surface area contributed by atoms with Crippen molar-refractivity contribution in [1.29, 1.82) is 5.26 Å². The molecule has 0 N–H and O–H groups in total. The third-order valence-corrected chi connectivity index (χ3v) is 1.95. The van der Waals surface area contributed by atoms with Gasteiger partial charge in [0.25, 0.3) is 0 Å². The zero-order valence-corrected chi connectivity index (χ0v) is 8.43. The van der Waals surface area contributed by atoms with Crippen molar-refractivity contribution in [1.82, 2.24) is 0 Å². The normalized spacial score (nSPS) is 9.50. The maximum absolute atomic E-state index is 13.0. The zero-order valence-electron chi connectivity index (χ0n) is 7.53. The minimum absolute atomic E-state index is 0.0338. The van der Waals surface area contributed by atoms with Crippen LogP contribution in [0.1, 0.15) is 12.0 Å². The average Bonchev–Trinajstić information content (AvgIpc) is 2.18. The molecular formula is C10H10FNOS. The molecule has 0 unspecified atom stereocenters. The van der Waals surface area contributed by atoms with Gasteiger partial charge in [-0.15, -0.1) is 0 Å². The largest absolute Gasteiger partial charge is 0.493 e. The molecule has 0 fully saturated rings. The molecule has 0 radical (unpaired) electrons. The maximum atomic E-state index is 13.0. The van der Waals surface area contributed by atoms with Crippen LogP contribution in [0.25, 0.3) is 0 Å². The van der Waals surface area contributed by atoms with Crippen molar-refractivity contribution in [3.05, 3.63) is 29.6 Å². The lowest BCUT2D eigenvalue weighted by atomic mass is 10.2. The molecule has 74 valence electrons. The van der Waals surface area contributed by atoms with E-state index in [-0.39, 0.29) is 5.56 Å². The highest BCUT2D eigenvalue weighted by molar-refractivity contribution is 7.80. The molecule has 1 aromatic carbocycles. The van der Waals surface area contributed by atoms with Gasteiger partial charge in [-0.25, -0.2) is 4.39 Å². The third-order valence-electron chi connectivity index (χ3n) is 1.63. The van der Waals surface area contributed by atoms with E-state index in [1.807, 2.05) is 0 Å². The Morgan fingerprint density at radius 2 is 2.29 bits per heavy atom. The predicted molar refractivity (Wildman–Crippen MR) is 55.1 cm³/mol. The first-order valence-corrected chi connectivity index (χ1v) is 4.84. The van der Waals surface area contributed by atoms with E-state index in [2.05, 4.69) is 12.6 Å². The second kappa shape index (κ2) is 5.51. The van der Waals surface area contributed by atoms with E-state index < -0.39 is 5.82 Å². The lowest BCUT2D eigenvalue weighted by Gasteiger charge is -2.04. The minimum atomic E-state index is -0.545. The van der Waals surface area contributed by atoms with E-state index >= 15 is 0 Å². The molecule has 0 spiro atoms. The summed E-state index contributed by atoms with van der Waals surface area (Å²) in [4.78, 5) is 0. The van der Waals surface area contributed by atoms with Crippen molar-refractivity contribution in [2.45, 2.75) is 6.42 Å². The van der Waals surface area contributed by atoms with Crippen molar-refractivity contribution in [2.75, 3.05) is 12.4 Å². The van der Waals surface area contributed by atoms with Crippen LogP contribution in [0.5, 0.6) is 5.75 Å². The van der Waals surface area contributed by atoms with Crippen LogP contribution in [0.15, 0.2) is 18.2 Å². The summed E-state index contributed by atoms with van der Waals surface area (Å²) in [6.45, 7) is 0.509. The molecule has 0 bridgehead atoms. The van der Waals surface area contributed by atoms with E-state index in [1.165, 1.54) is 12.1 Å². The quantitative estimate of drug-likeness (QED) is 0.612. The van der Waals surface area contributed by atoms with Crippen LogP contribution in [0.2, 0.25) is 0 Å². The Balaban J connectivity index is 2.63. The van der Waals surface area contributed by atoms with Crippen LogP contribution in [0, 0.1) is 17.1 Å². The van der Waals surface area contributed by atoms with Crippen LogP contribution in [-0.4, -0.2) is 12.4 Å². The number of thiol groups is 1. The number of halogens is 1. The van der Waals surface area contributed by atoms with Crippen molar-refractivity contribution in [3.63, 3.8) is 0 Å². The van der Waals surface area contributed by atoms with Crippen LogP contribution < -0.4 is 4.74 Å². The van der Waals surface area contributed by atoms with Gasteiger partial charge in [0.05, 0.1) is 12.2 Å². The first-order valence-electron chi connectivity index (χ1n) is 4.21. The Hall–Kier alpha value is -1.21. The molecule has 0 amide bonds. The number of ether oxygens (including phenoxy) is 1. The summed E-state index contributed by atoms with van der Waals surface area (Å²) < 4.78 is 18.3. The van der Waals surface area contributed by atoms with E-state index in [4.69, 9.17) is 10.00 Å². The average molecular weight is 211 g/mol. The summed E-state index contributed by atoms with van der Waals surface area (Å²) in [5.41, 5.74) is 0.0338. The highest BCUT2D eigenvalue weighted by Gasteiger charge is 2.02. The van der Waals surface area contributed by atoms with Crippen molar-refractivity contribution >= 4 is 12.6 Å². The van der Waals surface area contributed by atoms with Crippen LogP contribution in [-0.2, 0) is 0 Å². The topological polar surface area (TPSA) is 33.0 Å². The molecule has 0 atom stereocenters. The smallest absolute Gasteiger partial charge is 0.144 e. The molecule has 1 aromatic rings. The SMILES string of the molecule is N#Cc1ccc(OCCCS)cc1F. The predicted octanol–water partition coefficient (Wildman–Crippen LogP) is 2.40. The Labute approximate surface area is 87.7 Å². The van der Waals surface area contributed by atoms with Gasteiger partial charge in [0.2, 0.25) is 0 Å². The van der Waals surface area contributed by atoms with E-state index in [0.29, 0.717) is 12.4 Å². The summed E-state index contributed by atoms with van der Waals surface area (Å²) in [6, 6.07) is 5.96. The van der Waals surface area contributed by atoms with Gasteiger partial charge >= 0.3 is 0 Å². The second-order valence-electron chi connectivity index (χ2n) is 2.68. The third kappa shape index (κ3) is 2.93. The molecule has 2 nitrogen and oxygen atoms in total. The molecule has 4 heteroatoms. The monoisotopic (exact) mass is 211 g/mol. The first-order chi connectivity index (χ1) is 6.77. The lowest BCUT2D eigenvalue weighted by molar-refractivity contribution is 0.317. The van der Waals surface area contributed by atoms with Gasteiger partial charge in [0.15, 0.2) is 0 Å². The highest BCUT2D eigenvalue weighted by atomic mass is 32.1. The van der Waals surface area contributed by atoms with Gasteiger partial charge in [-0.2, -0.15) is 17.9 Å². The Morgan fingerprint density at radius 3 is 2.86 bits per heavy atom. The number of hydrogen-bond donors (Lipinski definition) is 1. The van der Waals surface area contributed by atoms with E-state index in [0.717, 1.165) is 12.2 Å². The van der Waals surface area contributed by atoms with Crippen LogP contribution >= 0.6 is 12.6 Å². The van der Waals surface area contributed by atoms with Gasteiger partial charge in [0.1, 0.15) is 17.6 Å². The fraction of sp³-hybridized carbons (Fsp3) is 0.300. The maximum Gasteiger partial charge on any atom is 0.144 e. The molecule has 1 rings (SSSR count). The zero-order chi connectivity index (χ0) is 10.4. The fourth-order valence-electron chi connectivity index (χ4n) is 0.931. The lowest BCUT2D eigenvalue weighted by Crippen LogP contribution is -1.98. The Morgan fingerprint density at radius 1 is 1.50 bits per heavy atom. The minimum Gasteiger partial charge on any atom is -0.493 e. The van der Waals surface area contributed by atoms with E-state index in [1.54, 1.807) is 12.1 Å². The molecule has 0 aliphatic heterocycles. The summed E-state index contributed by atoms with van der Waals surface area (Å²) in [5.74, 6) is 0.637. The molecule has 0 heterocycles. The number of rotatable bonds is 4. The Kier molecular flexibility index (Phi) is 4.27. The molecular weight excluding hydrogens is 201 g/mol. The van der Waals surface area contributed by atoms with Gasteiger partial charge in [-0.3, -0.25) is 0 Å². The van der Waals surface area contributed by atoms with Gasteiger partial charge < -0.3 is 4.74 Å². The molecule has 0 saturated carbocycles. The standard InChI is InChI=1S/C10H10FNOS/c11-10-6-9(13-4-1-5-14)3-2-8(10)7-12/h2-3,6,14H,1,4-5H2. The van der Waals surface area contributed by atoms with Gasteiger partial charge in [0, 0.05) is 6.07 Å². The highest BCUT2D eigenvalue weighted by Crippen LogP contribution is 2.16. The van der Waals surface area contributed by atoms with Gasteiger partial charge in [-0.1, -0.05) is 0 Å². The molecule has 0 aliphatic rings. The summed E-state index contributed by atoms with van der Waals surface area (Å²) in [5, 5.41) is 8.48. The summed E-state index contributed by atoms with van der Waals surface area (Å²) >= 11 is 4.02. The van der Waals surface area contributed by atoms with Crippen molar-refractivity contribution in [2.24, 2.45) is 0 Å². The number of benzene rings is 1. The van der Waals surface area contributed by atoms with Crippen molar-refractivity contribution < 1.29 is 9.13 Å². The molecule has 0 aromatic heterocycles. The van der Waals surface area contributed by atoms with Crippen molar-refractivity contribution in [3.8, 4) is 11.8 Å². The first kappa shape index (κ1) is 10.9. The van der Waals surface area contributed by atoms with Crippen LogP contribution in [0.3, 0.4) is 0 Å². The molecule has 14 heavy (non-hydrogen) atoms. The van der Waals surface area contributed by atoms with E-state index in [9.17, 15) is 4.39 Å².